The number of nitrogens with two attached hydrogens (primary N) is 1. The third kappa shape index (κ3) is 3.16. The number of piperidine rings is 1. The SMILES string of the molecule is CCNS(=O)(=O)N1CCC(CC)CC1CN. The van der Waals surface area contributed by atoms with Gasteiger partial charge >= 0.3 is 0 Å². The zero-order chi connectivity index (χ0) is 12.2. The standard InChI is InChI=1S/C10H23N3O2S/c1-3-9-5-6-13(10(7-9)8-11)16(14,15)12-4-2/h9-10,12H,3-8,11H2,1-2H3. The first kappa shape index (κ1) is 13.9. The maximum atomic E-state index is 11.9. The van der Waals surface area contributed by atoms with E-state index in [1.807, 2.05) is 0 Å². The molecule has 0 aromatic rings. The van der Waals surface area contributed by atoms with Crippen LogP contribution >= 0.6 is 0 Å². The van der Waals surface area contributed by atoms with E-state index in [1.165, 1.54) is 4.31 Å². The van der Waals surface area contributed by atoms with Crippen molar-refractivity contribution in [2.75, 3.05) is 19.6 Å². The molecule has 0 aliphatic carbocycles. The van der Waals surface area contributed by atoms with Gasteiger partial charge in [-0.2, -0.15) is 12.7 Å². The lowest BCUT2D eigenvalue weighted by Gasteiger charge is -2.37. The van der Waals surface area contributed by atoms with Gasteiger partial charge in [-0.15, -0.1) is 0 Å². The quantitative estimate of drug-likeness (QED) is 0.735. The van der Waals surface area contributed by atoms with Gasteiger partial charge in [-0.3, -0.25) is 0 Å². The number of rotatable bonds is 5. The van der Waals surface area contributed by atoms with E-state index >= 15 is 0 Å². The van der Waals surface area contributed by atoms with Gasteiger partial charge in [0.1, 0.15) is 0 Å². The molecule has 0 aromatic heterocycles. The topological polar surface area (TPSA) is 75.4 Å². The molecule has 0 radical (unpaired) electrons. The van der Waals surface area contributed by atoms with E-state index in [0.29, 0.717) is 25.6 Å². The highest BCUT2D eigenvalue weighted by atomic mass is 32.2. The second-order valence-electron chi connectivity index (χ2n) is 4.30. The summed E-state index contributed by atoms with van der Waals surface area (Å²) in [6.07, 6.45) is 2.93. The number of nitrogens with zero attached hydrogens (tertiary/aromatic N) is 1. The molecule has 16 heavy (non-hydrogen) atoms. The fraction of sp³-hybridized carbons (Fsp3) is 1.00. The Labute approximate surface area is 98.6 Å². The van der Waals surface area contributed by atoms with Crippen molar-refractivity contribution in [2.45, 2.75) is 39.2 Å². The van der Waals surface area contributed by atoms with Crippen LogP contribution in [0.5, 0.6) is 0 Å². The molecule has 2 atom stereocenters. The molecule has 1 heterocycles. The maximum absolute atomic E-state index is 11.9. The summed E-state index contributed by atoms with van der Waals surface area (Å²) in [5, 5.41) is 0. The van der Waals surface area contributed by atoms with E-state index in [0.717, 1.165) is 19.3 Å². The largest absolute Gasteiger partial charge is 0.329 e. The van der Waals surface area contributed by atoms with Crippen molar-refractivity contribution >= 4 is 10.2 Å². The van der Waals surface area contributed by atoms with Crippen LogP contribution in [0.25, 0.3) is 0 Å². The van der Waals surface area contributed by atoms with Crippen LogP contribution in [-0.4, -0.2) is 38.4 Å². The average molecular weight is 249 g/mol. The Morgan fingerprint density at radius 2 is 2.12 bits per heavy atom. The van der Waals surface area contributed by atoms with Crippen LogP contribution < -0.4 is 10.5 Å². The molecule has 1 aliphatic heterocycles. The highest BCUT2D eigenvalue weighted by molar-refractivity contribution is 7.87. The lowest BCUT2D eigenvalue weighted by Crippen LogP contribution is -2.53. The second-order valence-corrected chi connectivity index (χ2v) is 6.01. The minimum atomic E-state index is -3.32. The van der Waals surface area contributed by atoms with Gasteiger partial charge in [0.05, 0.1) is 0 Å². The molecular weight excluding hydrogens is 226 g/mol. The zero-order valence-electron chi connectivity index (χ0n) is 10.1. The Bertz CT molecular complexity index is 305. The van der Waals surface area contributed by atoms with Crippen LogP contribution in [0.2, 0.25) is 0 Å². The van der Waals surface area contributed by atoms with Gasteiger partial charge in [0.15, 0.2) is 0 Å². The van der Waals surface area contributed by atoms with Crippen LogP contribution in [0.15, 0.2) is 0 Å². The summed E-state index contributed by atoms with van der Waals surface area (Å²) in [6.45, 7) is 5.35. The highest BCUT2D eigenvalue weighted by Gasteiger charge is 2.34. The summed E-state index contributed by atoms with van der Waals surface area (Å²) in [7, 11) is -3.32. The van der Waals surface area contributed by atoms with Gasteiger partial charge in [-0.1, -0.05) is 20.3 Å². The minimum Gasteiger partial charge on any atom is -0.329 e. The summed E-state index contributed by atoms with van der Waals surface area (Å²) in [5.41, 5.74) is 5.67. The molecule has 1 aliphatic rings. The maximum Gasteiger partial charge on any atom is 0.279 e. The number of hydrogen-bond donors (Lipinski definition) is 2. The van der Waals surface area contributed by atoms with Gasteiger partial charge in [0.25, 0.3) is 10.2 Å². The molecule has 0 spiro atoms. The monoisotopic (exact) mass is 249 g/mol. The Morgan fingerprint density at radius 3 is 2.62 bits per heavy atom. The Hall–Kier alpha value is -0.170. The van der Waals surface area contributed by atoms with Gasteiger partial charge in [0, 0.05) is 25.7 Å². The summed E-state index contributed by atoms with van der Waals surface area (Å²) in [6, 6.07) is -0.0391. The van der Waals surface area contributed by atoms with Crippen LogP contribution in [0.1, 0.15) is 33.1 Å². The van der Waals surface area contributed by atoms with Gasteiger partial charge in [-0.05, 0) is 18.8 Å². The van der Waals surface area contributed by atoms with E-state index in [-0.39, 0.29) is 6.04 Å². The Morgan fingerprint density at radius 1 is 1.44 bits per heavy atom. The van der Waals surface area contributed by atoms with Gasteiger partial charge in [0.2, 0.25) is 0 Å². The molecule has 0 saturated carbocycles. The van der Waals surface area contributed by atoms with Crippen molar-refractivity contribution in [3.8, 4) is 0 Å². The smallest absolute Gasteiger partial charge is 0.279 e. The number of nitrogens with one attached hydrogen (secondary N) is 1. The molecule has 96 valence electrons. The van der Waals surface area contributed by atoms with Crippen molar-refractivity contribution in [1.29, 1.82) is 0 Å². The van der Waals surface area contributed by atoms with Crippen LogP contribution in [0.3, 0.4) is 0 Å². The molecule has 1 fully saturated rings. The predicted molar refractivity (Wildman–Crippen MR) is 65.2 cm³/mol. The molecular formula is C10H23N3O2S. The molecule has 1 saturated heterocycles. The first-order chi connectivity index (χ1) is 7.55. The fourth-order valence-electron chi connectivity index (χ4n) is 2.28. The molecule has 0 aromatic carbocycles. The van der Waals surface area contributed by atoms with E-state index < -0.39 is 10.2 Å². The van der Waals surface area contributed by atoms with Crippen molar-refractivity contribution in [2.24, 2.45) is 11.7 Å². The molecule has 5 nitrogen and oxygen atoms in total. The van der Waals surface area contributed by atoms with Crippen molar-refractivity contribution in [1.82, 2.24) is 9.03 Å². The highest BCUT2D eigenvalue weighted by Crippen LogP contribution is 2.26. The molecule has 1 rings (SSSR count). The van der Waals surface area contributed by atoms with Crippen LogP contribution in [-0.2, 0) is 10.2 Å². The molecule has 6 heteroatoms. The summed E-state index contributed by atoms with van der Waals surface area (Å²) < 4.78 is 27.9. The van der Waals surface area contributed by atoms with E-state index in [2.05, 4.69) is 11.6 Å². The van der Waals surface area contributed by atoms with E-state index in [4.69, 9.17) is 5.73 Å². The first-order valence-corrected chi connectivity index (χ1v) is 7.45. The van der Waals surface area contributed by atoms with Crippen molar-refractivity contribution in [3.05, 3.63) is 0 Å². The van der Waals surface area contributed by atoms with E-state index in [1.54, 1.807) is 6.92 Å². The number of hydrogen-bond acceptors (Lipinski definition) is 3. The third-order valence-corrected chi connectivity index (χ3v) is 5.01. The van der Waals surface area contributed by atoms with Crippen LogP contribution in [0.4, 0.5) is 0 Å². The third-order valence-electron chi connectivity index (χ3n) is 3.26. The minimum absolute atomic E-state index is 0.0391. The van der Waals surface area contributed by atoms with Crippen LogP contribution in [0, 0.1) is 5.92 Å². The predicted octanol–water partition coefficient (Wildman–Crippen LogP) is 0.290. The van der Waals surface area contributed by atoms with Crippen molar-refractivity contribution < 1.29 is 8.42 Å². The fourth-order valence-corrected chi connectivity index (χ4v) is 3.72. The lowest BCUT2D eigenvalue weighted by molar-refractivity contribution is 0.196. The van der Waals surface area contributed by atoms with Crippen molar-refractivity contribution in [3.63, 3.8) is 0 Å². The van der Waals surface area contributed by atoms with Gasteiger partial charge < -0.3 is 5.73 Å². The lowest BCUT2D eigenvalue weighted by atomic mass is 9.90. The zero-order valence-corrected chi connectivity index (χ0v) is 11.0. The van der Waals surface area contributed by atoms with E-state index in [9.17, 15) is 8.42 Å². The first-order valence-electron chi connectivity index (χ1n) is 6.01. The molecule has 2 unspecified atom stereocenters. The Kier molecular flexibility index (Phi) is 5.17. The average Bonchev–Trinajstić information content (AvgIpc) is 2.28. The molecule has 0 amide bonds. The second kappa shape index (κ2) is 5.95. The summed E-state index contributed by atoms with van der Waals surface area (Å²) in [5.74, 6) is 0.613. The summed E-state index contributed by atoms with van der Waals surface area (Å²) >= 11 is 0. The molecule has 3 N–H and O–H groups in total. The molecule has 0 bridgehead atoms. The Balaban J connectivity index is 2.73. The normalized spacial score (nSPS) is 28.2. The summed E-state index contributed by atoms with van der Waals surface area (Å²) in [4.78, 5) is 0. The van der Waals surface area contributed by atoms with Gasteiger partial charge in [-0.25, -0.2) is 4.72 Å².